The van der Waals surface area contributed by atoms with Gasteiger partial charge >= 0.3 is 0 Å². The van der Waals surface area contributed by atoms with Gasteiger partial charge < -0.3 is 0 Å². The molecule has 0 fully saturated rings. The molecule has 3 heteroatoms. The van der Waals surface area contributed by atoms with Gasteiger partial charge in [0.05, 0.1) is 4.88 Å². The molecule has 0 N–H and O–H groups in total. The Labute approximate surface area is 86.2 Å². The van der Waals surface area contributed by atoms with Crippen LogP contribution in [0.4, 0.5) is 0 Å². The first-order valence-electron chi connectivity index (χ1n) is 4.31. The van der Waals surface area contributed by atoms with Crippen LogP contribution in [0.25, 0.3) is 0 Å². The molecular weight excluding hydrogens is 194 g/mol. The van der Waals surface area contributed by atoms with Gasteiger partial charge in [-0.25, -0.2) is 0 Å². The van der Waals surface area contributed by atoms with Gasteiger partial charge in [0.25, 0.3) is 0 Å². The van der Waals surface area contributed by atoms with Crippen LogP contribution < -0.4 is 0 Å². The monoisotopic (exact) mass is 203 g/mol. The summed E-state index contributed by atoms with van der Waals surface area (Å²) in [6, 6.07) is 7.79. The lowest BCUT2D eigenvalue weighted by atomic mass is 10.2. The molecule has 0 saturated carbocycles. The second-order valence-electron chi connectivity index (χ2n) is 2.96. The van der Waals surface area contributed by atoms with Crippen LogP contribution in [0.2, 0.25) is 0 Å². The van der Waals surface area contributed by atoms with Crippen LogP contribution in [0.5, 0.6) is 0 Å². The van der Waals surface area contributed by atoms with Crippen molar-refractivity contribution in [3.63, 3.8) is 0 Å². The Hall–Kier alpha value is -1.48. The smallest absolute Gasteiger partial charge is 0.160 e. The van der Waals surface area contributed by atoms with Crippen molar-refractivity contribution in [3.05, 3.63) is 52.0 Å². The summed E-state index contributed by atoms with van der Waals surface area (Å²) in [5.74, 6) is 0. The standard InChI is InChI=1S/C11H9NOS/c13-8-11-4-3-10(14-11)6-9-2-1-5-12-7-9/h1-5,7-8H,6H2. The molecule has 0 aliphatic rings. The maximum atomic E-state index is 10.5. The van der Waals surface area contributed by atoms with E-state index in [2.05, 4.69) is 4.98 Å². The number of thiophene rings is 1. The van der Waals surface area contributed by atoms with Crippen molar-refractivity contribution in [2.24, 2.45) is 0 Å². The molecule has 2 nitrogen and oxygen atoms in total. The number of rotatable bonds is 3. The summed E-state index contributed by atoms with van der Waals surface area (Å²) in [6.45, 7) is 0. The van der Waals surface area contributed by atoms with Gasteiger partial charge in [-0.3, -0.25) is 9.78 Å². The van der Waals surface area contributed by atoms with Gasteiger partial charge in [-0.1, -0.05) is 6.07 Å². The second-order valence-corrected chi connectivity index (χ2v) is 4.16. The predicted molar refractivity (Wildman–Crippen MR) is 56.7 cm³/mol. The summed E-state index contributed by atoms with van der Waals surface area (Å²) in [5, 5.41) is 0. The van der Waals surface area contributed by atoms with E-state index >= 15 is 0 Å². The molecule has 2 aromatic heterocycles. The van der Waals surface area contributed by atoms with Crippen molar-refractivity contribution in [2.45, 2.75) is 6.42 Å². The minimum Gasteiger partial charge on any atom is -0.297 e. The quantitative estimate of drug-likeness (QED) is 0.717. The van der Waals surface area contributed by atoms with Crippen molar-refractivity contribution in [1.29, 1.82) is 0 Å². The molecule has 14 heavy (non-hydrogen) atoms. The Balaban J connectivity index is 2.15. The summed E-state index contributed by atoms with van der Waals surface area (Å²) in [5.41, 5.74) is 1.17. The summed E-state index contributed by atoms with van der Waals surface area (Å²) >= 11 is 1.53. The number of aromatic nitrogens is 1. The zero-order valence-corrected chi connectivity index (χ0v) is 8.33. The van der Waals surface area contributed by atoms with E-state index in [9.17, 15) is 4.79 Å². The van der Waals surface area contributed by atoms with Crippen LogP contribution in [-0.4, -0.2) is 11.3 Å². The number of hydrogen-bond acceptors (Lipinski definition) is 3. The molecule has 0 aliphatic heterocycles. The minimum absolute atomic E-state index is 0.781. The largest absolute Gasteiger partial charge is 0.297 e. The van der Waals surface area contributed by atoms with Crippen molar-refractivity contribution < 1.29 is 4.79 Å². The van der Waals surface area contributed by atoms with Gasteiger partial charge in [0.1, 0.15) is 0 Å². The molecule has 0 unspecified atom stereocenters. The van der Waals surface area contributed by atoms with Crippen molar-refractivity contribution >= 4 is 17.6 Å². The number of nitrogens with zero attached hydrogens (tertiary/aromatic N) is 1. The highest BCUT2D eigenvalue weighted by Crippen LogP contribution is 2.17. The van der Waals surface area contributed by atoms with Crippen LogP contribution in [0.15, 0.2) is 36.7 Å². The lowest BCUT2D eigenvalue weighted by Gasteiger charge is -1.95. The van der Waals surface area contributed by atoms with Crippen molar-refractivity contribution in [1.82, 2.24) is 4.98 Å². The van der Waals surface area contributed by atoms with Crippen LogP contribution in [-0.2, 0) is 6.42 Å². The molecule has 2 aromatic rings. The van der Waals surface area contributed by atoms with Crippen LogP contribution in [0.3, 0.4) is 0 Å². The Kier molecular flexibility index (Phi) is 2.70. The van der Waals surface area contributed by atoms with Gasteiger partial charge in [0, 0.05) is 23.7 Å². The molecule has 2 heterocycles. The first-order chi connectivity index (χ1) is 6.88. The molecule has 0 saturated heterocycles. The molecule has 2 rings (SSSR count). The van der Waals surface area contributed by atoms with E-state index in [0.29, 0.717) is 0 Å². The fraction of sp³-hybridized carbons (Fsp3) is 0.0909. The average Bonchev–Trinajstić information content (AvgIpc) is 2.67. The van der Waals surface area contributed by atoms with Crippen molar-refractivity contribution in [2.75, 3.05) is 0 Å². The topological polar surface area (TPSA) is 30.0 Å². The van der Waals surface area contributed by atoms with E-state index in [1.165, 1.54) is 21.8 Å². The summed E-state index contributed by atoms with van der Waals surface area (Å²) in [7, 11) is 0. The minimum atomic E-state index is 0.781. The van der Waals surface area contributed by atoms with E-state index < -0.39 is 0 Å². The van der Waals surface area contributed by atoms with E-state index in [0.717, 1.165) is 17.6 Å². The Morgan fingerprint density at radius 1 is 1.36 bits per heavy atom. The molecule has 0 aliphatic carbocycles. The van der Waals surface area contributed by atoms with Crippen LogP contribution in [0, 0.1) is 0 Å². The molecular formula is C11H9NOS. The third-order valence-corrected chi connectivity index (χ3v) is 2.91. The zero-order chi connectivity index (χ0) is 9.80. The molecule has 0 aromatic carbocycles. The third kappa shape index (κ3) is 2.06. The molecule has 0 spiro atoms. The Bertz CT molecular complexity index is 422. The zero-order valence-electron chi connectivity index (χ0n) is 7.51. The van der Waals surface area contributed by atoms with Gasteiger partial charge in [-0.05, 0) is 23.8 Å². The number of hydrogen-bond donors (Lipinski definition) is 0. The van der Waals surface area contributed by atoms with Gasteiger partial charge in [0.2, 0.25) is 0 Å². The first-order valence-corrected chi connectivity index (χ1v) is 5.13. The lowest BCUT2D eigenvalue weighted by Crippen LogP contribution is -1.84. The number of aldehydes is 1. The van der Waals surface area contributed by atoms with Crippen LogP contribution >= 0.6 is 11.3 Å². The van der Waals surface area contributed by atoms with E-state index in [1.54, 1.807) is 6.20 Å². The third-order valence-electron chi connectivity index (χ3n) is 1.90. The molecule has 70 valence electrons. The number of pyridine rings is 1. The second kappa shape index (κ2) is 4.15. The lowest BCUT2D eigenvalue weighted by molar-refractivity contribution is 0.112. The van der Waals surface area contributed by atoms with Gasteiger partial charge in [-0.15, -0.1) is 11.3 Å². The highest BCUT2D eigenvalue weighted by molar-refractivity contribution is 7.13. The highest BCUT2D eigenvalue weighted by Gasteiger charge is 2.00. The molecule has 0 atom stereocenters. The Morgan fingerprint density at radius 3 is 2.93 bits per heavy atom. The molecule has 0 bridgehead atoms. The number of carbonyl (C=O) groups is 1. The highest BCUT2D eigenvalue weighted by atomic mass is 32.1. The molecule has 0 radical (unpaired) electrons. The van der Waals surface area contributed by atoms with E-state index in [-0.39, 0.29) is 0 Å². The first kappa shape index (κ1) is 9.09. The fourth-order valence-electron chi connectivity index (χ4n) is 1.26. The van der Waals surface area contributed by atoms with E-state index in [4.69, 9.17) is 0 Å². The molecule has 0 amide bonds. The summed E-state index contributed by atoms with van der Waals surface area (Å²) in [6.07, 6.45) is 5.35. The predicted octanol–water partition coefficient (Wildman–Crippen LogP) is 2.55. The fourth-order valence-corrected chi connectivity index (χ4v) is 2.12. The maximum Gasteiger partial charge on any atom is 0.160 e. The summed E-state index contributed by atoms with van der Waals surface area (Å²) in [4.78, 5) is 16.5. The SMILES string of the molecule is O=Cc1ccc(Cc2cccnc2)s1. The van der Waals surface area contributed by atoms with Gasteiger partial charge in [0.15, 0.2) is 6.29 Å². The van der Waals surface area contributed by atoms with Crippen molar-refractivity contribution in [3.8, 4) is 0 Å². The normalized spacial score (nSPS) is 10.0. The summed E-state index contributed by atoms with van der Waals surface area (Å²) < 4.78 is 0. The Morgan fingerprint density at radius 2 is 2.29 bits per heavy atom. The van der Waals surface area contributed by atoms with Crippen LogP contribution in [0.1, 0.15) is 20.1 Å². The number of carbonyl (C=O) groups excluding carboxylic acids is 1. The maximum absolute atomic E-state index is 10.5. The average molecular weight is 203 g/mol. The van der Waals surface area contributed by atoms with E-state index in [1.807, 2.05) is 30.5 Å². The van der Waals surface area contributed by atoms with Gasteiger partial charge in [-0.2, -0.15) is 0 Å².